The highest BCUT2D eigenvalue weighted by Crippen LogP contribution is 2.41. The first kappa shape index (κ1) is 18.5. The largest absolute Gasteiger partial charge is 0.492 e. The average molecular weight is 420 g/mol. The van der Waals surface area contributed by atoms with Crippen molar-refractivity contribution in [3.63, 3.8) is 0 Å². The summed E-state index contributed by atoms with van der Waals surface area (Å²) in [4.78, 5) is 17.9. The zero-order valence-corrected chi connectivity index (χ0v) is 16.9. The monoisotopic (exact) mass is 420 g/mol. The predicted molar refractivity (Wildman–Crippen MR) is 113 cm³/mol. The second-order valence-electron chi connectivity index (χ2n) is 6.76. The number of carbonyl (C=O) groups excluding carboxylic acids is 1. The van der Waals surface area contributed by atoms with Crippen LogP contribution in [-0.2, 0) is 6.42 Å². The molecule has 0 atom stereocenters. The lowest BCUT2D eigenvalue weighted by Crippen LogP contribution is -2.17. The molecule has 1 aliphatic heterocycles. The van der Waals surface area contributed by atoms with E-state index in [0.29, 0.717) is 30.0 Å². The molecule has 8 heteroatoms. The summed E-state index contributed by atoms with van der Waals surface area (Å²) in [7, 11) is 1.60. The fourth-order valence-electron chi connectivity index (χ4n) is 3.50. The van der Waals surface area contributed by atoms with Gasteiger partial charge in [-0.25, -0.2) is 14.1 Å². The van der Waals surface area contributed by atoms with Crippen molar-refractivity contribution in [2.24, 2.45) is 0 Å². The molecule has 3 heterocycles. The van der Waals surface area contributed by atoms with Gasteiger partial charge in [-0.2, -0.15) is 5.10 Å². The molecule has 0 aliphatic carbocycles. The van der Waals surface area contributed by atoms with Crippen LogP contribution in [0.1, 0.15) is 15.2 Å². The van der Waals surface area contributed by atoms with Crippen LogP contribution >= 0.6 is 11.3 Å². The van der Waals surface area contributed by atoms with Gasteiger partial charge in [-0.3, -0.25) is 4.79 Å². The molecule has 0 bridgehead atoms. The van der Waals surface area contributed by atoms with E-state index in [0.717, 1.165) is 26.8 Å². The van der Waals surface area contributed by atoms with Crippen LogP contribution in [0.2, 0.25) is 0 Å². The molecule has 2 aromatic carbocycles. The number of halogens is 1. The molecule has 0 radical (unpaired) electrons. The Hall–Kier alpha value is -3.52. The van der Waals surface area contributed by atoms with Crippen LogP contribution in [-0.4, -0.2) is 34.3 Å². The molecule has 30 heavy (non-hydrogen) atoms. The van der Waals surface area contributed by atoms with Crippen molar-refractivity contribution >= 4 is 17.2 Å². The van der Waals surface area contributed by atoms with Crippen LogP contribution in [0.15, 0.2) is 54.7 Å². The second kappa shape index (κ2) is 7.38. The van der Waals surface area contributed by atoms with E-state index in [9.17, 15) is 9.18 Å². The highest BCUT2D eigenvalue weighted by molar-refractivity contribution is 7.15. The predicted octanol–water partition coefficient (Wildman–Crippen LogP) is 4.10. The van der Waals surface area contributed by atoms with Crippen molar-refractivity contribution in [1.29, 1.82) is 0 Å². The Labute approximate surface area is 176 Å². The number of nitrogens with zero attached hydrogens (tertiary/aromatic N) is 3. The molecule has 150 valence electrons. The zero-order valence-electron chi connectivity index (χ0n) is 16.1. The summed E-state index contributed by atoms with van der Waals surface area (Å²) in [5.74, 6) is 0.119. The standard InChI is InChI=1S/C22H17FN4O2S/c1-24-21(28)13-6-7-14-18(12-13)29-11-9-19-20(14)26-22(30-19)17-8-10-25-27(17)16-5-3-2-4-15(16)23/h2-8,10,12H,9,11H2,1H3,(H,24,28). The number of hydrogen-bond acceptors (Lipinski definition) is 5. The molecule has 0 unspecified atom stereocenters. The minimum absolute atomic E-state index is 0.168. The highest BCUT2D eigenvalue weighted by atomic mass is 32.1. The Bertz CT molecular complexity index is 1260. The molecule has 2 aromatic heterocycles. The summed E-state index contributed by atoms with van der Waals surface area (Å²) in [6.07, 6.45) is 2.34. The maximum atomic E-state index is 14.3. The van der Waals surface area contributed by atoms with Crippen LogP contribution in [0.5, 0.6) is 5.75 Å². The topological polar surface area (TPSA) is 69.0 Å². The SMILES string of the molecule is CNC(=O)c1ccc2c(c1)OCCc1sc(-c3ccnn3-c3ccccc3F)nc1-2. The van der Waals surface area contributed by atoms with Crippen molar-refractivity contribution in [2.45, 2.75) is 6.42 Å². The third-order valence-corrected chi connectivity index (χ3v) is 6.09. The van der Waals surface area contributed by atoms with Crippen LogP contribution in [0.3, 0.4) is 0 Å². The molecule has 4 aromatic rings. The van der Waals surface area contributed by atoms with E-state index in [1.165, 1.54) is 6.07 Å². The first-order chi connectivity index (χ1) is 14.7. The van der Waals surface area contributed by atoms with Gasteiger partial charge in [0.1, 0.15) is 28.0 Å². The van der Waals surface area contributed by atoms with Crippen molar-refractivity contribution in [2.75, 3.05) is 13.7 Å². The molecular formula is C22H17FN4O2S. The maximum absolute atomic E-state index is 14.3. The number of aromatic nitrogens is 3. The van der Waals surface area contributed by atoms with Gasteiger partial charge in [0.2, 0.25) is 0 Å². The molecular weight excluding hydrogens is 403 g/mol. The number of fused-ring (bicyclic) bond motifs is 3. The van der Waals surface area contributed by atoms with Gasteiger partial charge in [-0.05, 0) is 36.4 Å². The van der Waals surface area contributed by atoms with Gasteiger partial charge in [0.05, 0.1) is 18.5 Å². The Morgan fingerprint density at radius 2 is 2.10 bits per heavy atom. The Morgan fingerprint density at radius 1 is 1.23 bits per heavy atom. The number of carbonyl (C=O) groups is 1. The first-order valence-corrected chi connectivity index (χ1v) is 10.3. The van der Waals surface area contributed by atoms with Crippen molar-refractivity contribution in [3.8, 4) is 33.4 Å². The van der Waals surface area contributed by atoms with E-state index in [1.807, 2.05) is 12.1 Å². The lowest BCUT2D eigenvalue weighted by molar-refractivity contribution is 0.0962. The van der Waals surface area contributed by atoms with Crippen molar-refractivity contribution in [3.05, 3.63) is 71.0 Å². The second-order valence-corrected chi connectivity index (χ2v) is 7.84. The molecule has 6 nitrogen and oxygen atoms in total. The van der Waals surface area contributed by atoms with E-state index >= 15 is 0 Å². The summed E-state index contributed by atoms with van der Waals surface area (Å²) in [5.41, 5.74) is 3.30. The van der Waals surface area contributed by atoms with Gasteiger partial charge in [-0.15, -0.1) is 11.3 Å². The van der Waals surface area contributed by atoms with Gasteiger partial charge < -0.3 is 10.1 Å². The van der Waals surface area contributed by atoms with Crippen molar-refractivity contribution < 1.29 is 13.9 Å². The van der Waals surface area contributed by atoms with Gasteiger partial charge in [0.25, 0.3) is 5.91 Å². The molecule has 0 spiro atoms. The summed E-state index contributed by atoms with van der Waals surface area (Å²) in [6, 6.07) is 13.7. The molecule has 1 amide bonds. The third-order valence-electron chi connectivity index (χ3n) is 4.95. The molecule has 0 saturated heterocycles. The highest BCUT2D eigenvalue weighted by Gasteiger charge is 2.23. The van der Waals surface area contributed by atoms with E-state index < -0.39 is 0 Å². The van der Waals surface area contributed by atoms with Crippen molar-refractivity contribution in [1.82, 2.24) is 20.1 Å². The molecule has 1 N–H and O–H groups in total. The summed E-state index contributed by atoms with van der Waals surface area (Å²) in [5, 5.41) is 7.68. The molecule has 0 fully saturated rings. The van der Waals surface area contributed by atoms with Gasteiger partial charge in [0.15, 0.2) is 0 Å². The van der Waals surface area contributed by atoms with E-state index in [2.05, 4.69) is 10.4 Å². The number of ether oxygens (including phenoxy) is 1. The normalized spacial score (nSPS) is 12.5. The van der Waals surface area contributed by atoms with Crippen LogP contribution in [0.25, 0.3) is 27.6 Å². The van der Waals surface area contributed by atoms with Gasteiger partial charge >= 0.3 is 0 Å². The van der Waals surface area contributed by atoms with Crippen LogP contribution in [0, 0.1) is 5.82 Å². The third kappa shape index (κ3) is 3.05. The van der Waals surface area contributed by atoms with E-state index in [-0.39, 0.29) is 11.7 Å². The van der Waals surface area contributed by atoms with Crippen LogP contribution in [0.4, 0.5) is 4.39 Å². The number of rotatable bonds is 3. The fourth-order valence-corrected chi connectivity index (χ4v) is 4.57. The van der Waals surface area contributed by atoms with Gasteiger partial charge in [-0.1, -0.05) is 12.1 Å². The molecule has 5 rings (SSSR count). The molecule has 1 aliphatic rings. The number of para-hydroxylation sites is 1. The Morgan fingerprint density at radius 3 is 2.93 bits per heavy atom. The first-order valence-electron chi connectivity index (χ1n) is 9.44. The lowest BCUT2D eigenvalue weighted by Gasteiger charge is -2.09. The number of thiazole rings is 1. The van der Waals surface area contributed by atoms with E-state index in [4.69, 9.17) is 9.72 Å². The number of hydrogen-bond donors (Lipinski definition) is 1. The minimum atomic E-state index is -0.346. The summed E-state index contributed by atoms with van der Waals surface area (Å²) < 4.78 is 21.8. The smallest absolute Gasteiger partial charge is 0.251 e. The zero-order chi connectivity index (χ0) is 20.7. The minimum Gasteiger partial charge on any atom is -0.492 e. The van der Waals surface area contributed by atoms with Crippen LogP contribution < -0.4 is 10.1 Å². The lowest BCUT2D eigenvalue weighted by atomic mass is 10.1. The number of amides is 1. The molecule has 0 saturated carbocycles. The average Bonchev–Trinajstić information content (AvgIpc) is 3.37. The fraction of sp³-hybridized carbons (Fsp3) is 0.136. The maximum Gasteiger partial charge on any atom is 0.251 e. The van der Waals surface area contributed by atoms with Gasteiger partial charge in [0, 0.05) is 29.5 Å². The number of benzene rings is 2. The summed E-state index contributed by atoms with van der Waals surface area (Å²) >= 11 is 1.55. The Balaban J connectivity index is 1.60. The Kier molecular flexibility index (Phi) is 4.55. The van der Waals surface area contributed by atoms with E-state index in [1.54, 1.807) is 59.6 Å². The quantitative estimate of drug-likeness (QED) is 0.542. The summed E-state index contributed by atoms with van der Waals surface area (Å²) in [6.45, 7) is 0.491. The number of nitrogens with one attached hydrogen (secondary N) is 1.